The van der Waals surface area contributed by atoms with Crippen molar-refractivity contribution < 1.29 is 13.2 Å². The standard InChI is InChI=1S/C10H15BN2O3S/c1-2-8-12-17(15,16)11-10(14)13-9-6-4-3-5-7-9/h3-7,11-12H,2,8H2,1H3,(H,13,14). The lowest BCUT2D eigenvalue weighted by Crippen LogP contribution is -2.35. The molecule has 0 aliphatic heterocycles. The Hall–Kier alpha value is -1.34. The predicted octanol–water partition coefficient (Wildman–Crippen LogP) is 0.899. The largest absolute Gasteiger partial charge is 0.398 e. The van der Waals surface area contributed by atoms with E-state index in [9.17, 15) is 13.2 Å². The molecular formula is C10H15BN2O3S. The second-order valence-electron chi connectivity index (χ2n) is 3.57. The minimum Gasteiger partial charge on any atom is -0.334 e. The lowest BCUT2D eigenvalue weighted by molar-refractivity contribution is 0.268. The first kappa shape index (κ1) is 13.7. The van der Waals surface area contributed by atoms with Crippen molar-refractivity contribution in [2.75, 3.05) is 11.9 Å². The van der Waals surface area contributed by atoms with E-state index in [0.717, 1.165) is 0 Å². The summed E-state index contributed by atoms with van der Waals surface area (Å²) in [4.78, 5) is 11.5. The lowest BCUT2D eigenvalue weighted by Gasteiger charge is -2.05. The smallest absolute Gasteiger partial charge is 0.334 e. The number of carbonyl (C=O) groups is 1. The molecule has 0 aromatic heterocycles. The van der Waals surface area contributed by atoms with Gasteiger partial charge in [-0.1, -0.05) is 25.1 Å². The molecule has 1 aromatic rings. The van der Waals surface area contributed by atoms with Crippen LogP contribution in [-0.4, -0.2) is 27.3 Å². The van der Waals surface area contributed by atoms with Gasteiger partial charge in [0.15, 0.2) is 15.7 Å². The van der Waals surface area contributed by atoms with Crippen LogP contribution in [0.2, 0.25) is 0 Å². The average molecular weight is 254 g/mol. The Balaban J connectivity index is 2.50. The van der Waals surface area contributed by atoms with Crippen molar-refractivity contribution in [2.24, 2.45) is 0 Å². The second-order valence-corrected chi connectivity index (χ2v) is 5.37. The molecule has 0 aliphatic rings. The van der Waals surface area contributed by atoms with E-state index in [4.69, 9.17) is 0 Å². The third kappa shape index (κ3) is 5.51. The van der Waals surface area contributed by atoms with Crippen LogP contribution in [0.15, 0.2) is 30.3 Å². The van der Waals surface area contributed by atoms with E-state index in [2.05, 4.69) is 10.0 Å². The van der Waals surface area contributed by atoms with Gasteiger partial charge in [-0.15, -0.1) is 0 Å². The molecule has 0 spiro atoms. The highest BCUT2D eigenvalue weighted by atomic mass is 32.2. The Labute approximate surface area is 102 Å². The molecule has 0 fully saturated rings. The molecule has 1 amide bonds. The maximum absolute atomic E-state index is 11.5. The van der Waals surface area contributed by atoms with Gasteiger partial charge in [-0.25, -0.2) is 13.1 Å². The minimum atomic E-state index is -3.53. The van der Waals surface area contributed by atoms with Crippen LogP contribution < -0.4 is 10.0 Å². The predicted molar refractivity (Wildman–Crippen MR) is 69.8 cm³/mol. The van der Waals surface area contributed by atoms with Crippen LogP contribution in [0.4, 0.5) is 10.5 Å². The van der Waals surface area contributed by atoms with Crippen molar-refractivity contribution in [3.63, 3.8) is 0 Å². The zero-order valence-corrected chi connectivity index (χ0v) is 10.5. The molecule has 1 rings (SSSR count). The molecule has 0 radical (unpaired) electrons. The van der Waals surface area contributed by atoms with Crippen molar-refractivity contribution in [3.05, 3.63) is 30.3 Å². The third-order valence-electron chi connectivity index (χ3n) is 1.95. The van der Waals surface area contributed by atoms with Gasteiger partial charge >= 0.3 is 6.56 Å². The number of para-hydroxylation sites is 1. The number of anilines is 1. The molecule has 7 heteroatoms. The fraction of sp³-hybridized carbons (Fsp3) is 0.300. The SMILES string of the molecule is CCCNS(=O)(=O)BC(=O)Nc1ccccc1. The first-order chi connectivity index (χ1) is 8.03. The van der Waals surface area contributed by atoms with Crippen LogP contribution in [0.1, 0.15) is 13.3 Å². The number of rotatable bonds is 6. The number of hydrogen-bond donors (Lipinski definition) is 2. The monoisotopic (exact) mass is 254 g/mol. The molecule has 0 saturated heterocycles. The Bertz CT molecular complexity index is 462. The summed E-state index contributed by atoms with van der Waals surface area (Å²) in [6, 6.07) is 8.74. The molecule has 0 heterocycles. The molecule has 0 unspecified atom stereocenters. The van der Waals surface area contributed by atoms with Crippen molar-refractivity contribution >= 4 is 27.9 Å². The third-order valence-corrected chi connectivity index (χ3v) is 3.24. The molecule has 2 N–H and O–H groups in total. The highest BCUT2D eigenvalue weighted by Crippen LogP contribution is 2.04. The van der Waals surface area contributed by atoms with Gasteiger partial charge in [-0.05, 0) is 18.6 Å². The van der Waals surface area contributed by atoms with Crippen molar-refractivity contribution in [2.45, 2.75) is 13.3 Å². The van der Waals surface area contributed by atoms with Crippen molar-refractivity contribution in [3.8, 4) is 0 Å². The Morgan fingerprint density at radius 1 is 1.29 bits per heavy atom. The summed E-state index contributed by atoms with van der Waals surface area (Å²) in [5.74, 6) is -0.542. The van der Waals surface area contributed by atoms with E-state index in [1.807, 2.05) is 13.0 Å². The molecular weight excluding hydrogens is 239 g/mol. The quantitative estimate of drug-likeness (QED) is 0.740. The van der Waals surface area contributed by atoms with Gasteiger partial charge in [0.05, 0.1) is 0 Å². The van der Waals surface area contributed by atoms with Gasteiger partial charge in [0, 0.05) is 12.2 Å². The molecule has 0 bridgehead atoms. The molecule has 0 saturated carbocycles. The van der Waals surface area contributed by atoms with Gasteiger partial charge in [0.1, 0.15) is 0 Å². The van der Waals surface area contributed by atoms with E-state index in [0.29, 0.717) is 18.7 Å². The van der Waals surface area contributed by atoms with Gasteiger partial charge in [-0.3, -0.25) is 4.79 Å². The number of amides is 1. The summed E-state index contributed by atoms with van der Waals surface area (Å²) in [5.41, 5.74) is 0.586. The van der Waals surface area contributed by atoms with Crippen LogP contribution in [0.3, 0.4) is 0 Å². The normalized spacial score (nSPS) is 10.9. The zero-order valence-electron chi connectivity index (χ0n) is 9.64. The van der Waals surface area contributed by atoms with Gasteiger partial charge in [0.25, 0.3) is 0 Å². The maximum Gasteiger partial charge on any atom is 0.398 e. The number of benzene rings is 1. The van der Waals surface area contributed by atoms with Gasteiger partial charge < -0.3 is 5.32 Å². The van der Waals surface area contributed by atoms with E-state index in [-0.39, 0.29) is 0 Å². The summed E-state index contributed by atoms with van der Waals surface area (Å²) >= 11 is 0. The van der Waals surface area contributed by atoms with Crippen LogP contribution in [0.25, 0.3) is 0 Å². The van der Waals surface area contributed by atoms with Gasteiger partial charge in [-0.2, -0.15) is 0 Å². The summed E-state index contributed by atoms with van der Waals surface area (Å²) in [6.07, 6.45) is 0.694. The zero-order chi connectivity index (χ0) is 12.7. The molecule has 5 nitrogen and oxygen atoms in total. The van der Waals surface area contributed by atoms with Crippen LogP contribution >= 0.6 is 0 Å². The molecule has 1 aromatic carbocycles. The van der Waals surface area contributed by atoms with Crippen LogP contribution in [-0.2, 0) is 9.87 Å². The highest BCUT2D eigenvalue weighted by molar-refractivity contribution is 8.16. The molecule has 0 atom stereocenters. The molecule has 92 valence electrons. The first-order valence-corrected chi connectivity index (χ1v) is 7.01. The topological polar surface area (TPSA) is 75.3 Å². The maximum atomic E-state index is 11.5. The van der Waals surface area contributed by atoms with Gasteiger partial charge in [0.2, 0.25) is 0 Å². The van der Waals surface area contributed by atoms with E-state index in [1.54, 1.807) is 24.3 Å². The second kappa shape index (κ2) is 6.41. The lowest BCUT2D eigenvalue weighted by atomic mass is 10.1. The fourth-order valence-corrected chi connectivity index (χ4v) is 2.23. The van der Waals surface area contributed by atoms with Crippen LogP contribution in [0, 0.1) is 0 Å². The average Bonchev–Trinajstić information content (AvgIpc) is 2.27. The number of hydrogen-bond acceptors (Lipinski definition) is 3. The minimum absolute atomic E-state index is 0.348. The van der Waals surface area contributed by atoms with E-state index < -0.39 is 22.2 Å². The summed E-state index contributed by atoms with van der Waals surface area (Å²) < 4.78 is 25.2. The number of nitrogens with one attached hydrogen (secondary N) is 2. The fourth-order valence-electron chi connectivity index (χ4n) is 1.20. The Kier molecular flexibility index (Phi) is 5.18. The number of carbonyl (C=O) groups excluding carboxylic acids is 1. The molecule has 17 heavy (non-hydrogen) atoms. The van der Waals surface area contributed by atoms with Crippen molar-refractivity contribution in [1.82, 2.24) is 4.72 Å². The van der Waals surface area contributed by atoms with E-state index >= 15 is 0 Å². The van der Waals surface area contributed by atoms with Crippen molar-refractivity contribution in [1.29, 1.82) is 0 Å². The summed E-state index contributed by atoms with van der Waals surface area (Å²) in [7, 11) is -3.53. The highest BCUT2D eigenvalue weighted by Gasteiger charge is 2.19. The molecule has 0 aliphatic carbocycles. The van der Waals surface area contributed by atoms with Crippen LogP contribution in [0.5, 0.6) is 0 Å². The summed E-state index contributed by atoms with van der Waals surface area (Å²) in [5, 5.41) is 2.52. The van der Waals surface area contributed by atoms with E-state index in [1.165, 1.54) is 0 Å². The Morgan fingerprint density at radius 3 is 2.53 bits per heavy atom. The summed E-state index contributed by atoms with van der Waals surface area (Å²) in [6.45, 7) is 1.65. The Morgan fingerprint density at radius 2 is 1.94 bits per heavy atom. The first-order valence-electron chi connectivity index (χ1n) is 5.36.